The van der Waals surface area contributed by atoms with E-state index in [1.807, 2.05) is 41.5 Å². The first-order chi connectivity index (χ1) is 15.6. The second-order valence-corrected chi connectivity index (χ2v) is 10.5. The minimum atomic E-state index is -1.20. The van der Waals surface area contributed by atoms with E-state index in [1.165, 1.54) is 24.3 Å². The quantitative estimate of drug-likeness (QED) is 0.355. The van der Waals surface area contributed by atoms with Gasteiger partial charge in [0.2, 0.25) is 0 Å². The molecule has 0 fully saturated rings. The first-order valence-electron chi connectivity index (χ1n) is 10.9. The van der Waals surface area contributed by atoms with Crippen LogP contribution < -0.4 is 0 Å². The molecule has 0 unspecified atom stereocenters. The topological polar surface area (TPSA) is 115 Å². The van der Waals surface area contributed by atoms with Crippen LogP contribution in [0.4, 0.5) is 0 Å². The van der Waals surface area contributed by atoms with Crippen molar-refractivity contribution in [2.24, 2.45) is 0 Å². The predicted molar refractivity (Wildman–Crippen MR) is 132 cm³/mol. The van der Waals surface area contributed by atoms with Crippen molar-refractivity contribution < 1.29 is 30.0 Å². The molecule has 0 spiro atoms. The Morgan fingerprint density at radius 2 is 0.912 bits per heavy atom. The Hall–Kier alpha value is -3.80. The summed E-state index contributed by atoms with van der Waals surface area (Å²) in [5.74, 6) is -2.26. The summed E-state index contributed by atoms with van der Waals surface area (Å²) in [7, 11) is 0. The van der Waals surface area contributed by atoms with Crippen LogP contribution in [0.1, 0.15) is 73.4 Å². The molecule has 0 saturated carbocycles. The number of benzene rings is 3. The van der Waals surface area contributed by atoms with Crippen LogP contribution in [0.3, 0.4) is 0 Å². The molecule has 0 atom stereocenters. The molecular weight excluding hydrogens is 432 g/mol. The monoisotopic (exact) mass is 462 g/mol. The van der Waals surface area contributed by atoms with Gasteiger partial charge in [-0.2, -0.15) is 0 Å². The average Bonchev–Trinajstić information content (AvgIpc) is 2.71. The van der Waals surface area contributed by atoms with E-state index in [9.17, 15) is 30.0 Å². The molecule has 34 heavy (non-hydrogen) atoms. The maximum Gasteiger partial charge on any atom is 0.336 e. The summed E-state index contributed by atoms with van der Waals surface area (Å²) in [4.78, 5) is 24.5. The van der Waals surface area contributed by atoms with Crippen molar-refractivity contribution in [2.45, 2.75) is 52.4 Å². The second kappa shape index (κ2) is 8.52. The predicted octanol–water partition coefficient (Wildman–Crippen LogP) is 6.42. The van der Waals surface area contributed by atoms with Crippen molar-refractivity contribution in [1.29, 1.82) is 0 Å². The molecule has 0 bridgehead atoms. The Kier molecular flexibility index (Phi) is 6.22. The minimum Gasteiger partial charge on any atom is -0.508 e. The van der Waals surface area contributed by atoms with E-state index in [0.717, 1.165) is 0 Å². The van der Waals surface area contributed by atoms with Gasteiger partial charge in [0.1, 0.15) is 11.5 Å². The molecule has 178 valence electrons. The molecule has 3 aromatic carbocycles. The summed E-state index contributed by atoms with van der Waals surface area (Å²) < 4.78 is 0. The number of phenols is 2. The molecule has 0 amide bonds. The Bertz CT molecular complexity index is 1190. The van der Waals surface area contributed by atoms with E-state index in [4.69, 9.17) is 0 Å². The van der Waals surface area contributed by atoms with Crippen molar-refractivity contribution in [3.63, 3.8) is 0 Å². The van der Waals surface area contributed by atoms with E-state index in [-0.39, 0.29) is 33.8 Å². The summed E-state index contributed by atoms with van der Waals surface area (Å²) in [6.07, 6.45) is 0. The SMILES string of the molecule is CC(C)(C)c1cc(-c2c(C(=O)O)ccc(C(=O)O)c2-c2ccc(O)c(C(C)(C)C)c2)ccc1O. The van der Waals surface area contributed by atoms with Gasteiger partial charge in [0, 0.05) is 11.1 Å². The van der Waals surface area contributed by atoms with Gasteiger partial charge in [-0.05, 0) is 69.5 Å². The van der Waals surface area contributed by atoms with Crippen LogP contribution in [0, 0.1) is 0 Å². The maximum atomic E-state index is 12.3. The Morgan fingerprint density at radius 3 is 1.18 bits per heavy atom. The molecule has 0 aliphatic heterocycles. The average molecular weight is 463 g/mol. The largest absolute Gasteiger partial charge is 0.508 e. The van der Waals surface area contributed by atoms with Gasteiger partial charge in [-0.25, -0.2) is 9.59 Å². The number of carboxylic acids is 2. The van der Waals surface area contributed by atoms with Gasteiger partial charge in [0.15, 0.2) is 0 Å². The van der Waals surface area contributed by atoms with E-state index in [0.29, 0.717) is 22.3 Å². The van der Waals surface area contributed by atoms with E-state index >= 15 is 0 Å². The molecule has 6 heteroatoms. The maximum absolute atomic E-state index is 12.3. The summed E-state index contributed by atoms with van der Waals surface area (Å²) in [5.41, 5.74) is 1.65. The molecule has 0 heterocycles. The number of hydrogen-bond acceptors (Lipinski definition) is 4. The van der Waals surface area contributed by atoms with Crippen molar-refractivity contribution in [2.75, 3.05) is 0 Å². The molecule has 0 aromatic heterocycles. The first kappa shape index (κ1) is 24.8. The van der Waals surface area contributed by atoms with Crippen LogP contribution in [0.2, 0.25) is 0 Å². The summed E-state index contributed by atoms with van der Waals surface area (Å²) in [6, 6.07) is 12.2. The van der Waals surface area contributed by atoms with Crippen LogP contribution in [0.5, 0.6) is 11.5 Å². The van der Waals surface area contributed by atoms with Gasteiger partial charge in [-0.15, -0.1) is 0 Å². The fraction of sp³-hybridized carbons (Fsp3) is 0.286. The normalized spacial score (nSPS) is 11.9. The molecule has 0 aliphatic carbocycles. The summed E-state index contributed by atoms with van der Waals surface area (Å²) in [6.45, 7) is 11.5. The molecular formula is C28H30O6. The van der Waals surface area contributed by atoms with Crippen LogP contribution >= 0.6 is 0 Å². The zero-order valence-corrected chi connectivity index (χ0v) is 20.2. The number of carbonyl (C=O) groups is 2. The van der Waals surface area contributed by atoms with E-state index in [2.05, 4.69) is 0 Å². The van der Waals surface area contributed by atoms with Crippen LogP contribution in [0.25, 0.3) is 22.3 Å². The second-order valence-electron chi connectivity index (χ2n) is 10.5. The number of phenolic OH excluding ortho intramolecular Hbond substituents is 2. The zero-order chi connectivity index (χ0) is 25.6. The van der Waals surface area contributed by atoms with Gasteiger partial charge >= 0.3 is 11.9 Å². The first-order valence-corrected chi connectivity index (χ1v) is 10.9. The fourth-order valence-corrected chi connectivity index (χ4v) is 4.14. The number of carboxylic acid groups (broad SMARTS) is 2. The number of aromatic hydroxyl groups is 2. The molecule has 4 N–H and O–H groups in total. The van der Waals surface area contributed by atoms with Gasteiger partial charge in [0.25, 0.3) is 0 Å². The number of hydrogen-bond donors (Lipinski definition) is 4. The lowest BCUT2D eigenvalue weighted by Gasteiger charge is -2.24. The minimum absolute atomic E-state index is 0.0593. The summed E-state index contributed by atoms with van der Waals surface area (Å²) in [5, 5.41) is 40.9. The third-order valence-corrected chi connectivity index (χ3v) is 5.85. The number of rotatable bonds is 4. The third kappa shape index (κ3) is 4.62. The Labute approximate surface area is 199 Å². The van der Waals surface area contributed by atoms with Gasteiger partial charge < -0.3 is 20.4 Å². The van der Waals surface area contributed by atoms with Crippen LogP contribution in [0.15, 0.2) is 48.5 Å². The van der Waals surface area contributed by atoms with Crippen LogP contribution in [-0.2, 0) is 10.8 Å². The fourth-order valence-electron chi connectivity index (χ4n) is 4.14. The van der Waals surface area contributed by atoms with Gasteiger partial charge in [-0.1, -0.05) is 53.7 Å². The van der Waals surface area contributed by atoms with Crippen LogP contribution in [-0.4, -0.2) is 32.4 Å². The Balaban J connectivity index is 2.51. The van der Waals surface area contributed by atoms with Gasteiger partial charge in [0.05, 0.1) is 11.1 Å². The Morgan fingerprint density at radius 1 is 0.588 bits per heavy atom. The van der Waals surface area contributed by atoms with Gasteiger partial charge in [-0.3, -0.25) is 0 Å². The highest BCUT2D eigenvalue weighted by Crippen LogP contribution is 2.43. The lowest BCUT2D eigenvalue weighted by molar-refractivity contribution is 0.0682. The highest BCUT2D eigenvalue weighted by molar-refractivity contribution is 6.08. The lowest BCUT2D eigenvalue weighted by Crippen LogP contribution is -2.13. The highest BCUT2D eigenvalue weighted by atomic mass is 16.4. The standard InChI is InChI=1S/C28H30O6/c1-27(2,3)19-13-15(7-11-21(19)29)23-17(25(31)32)9-10-18(26(33)34)24(23)16-8-12-22(30)20(14-16)28(4,5)6/h7-14,29-30H,1-6H3,(H,31,32)(H,33,34). The molecule has 0 saturated heterocycles. The lowest BCUT2D eigenvalue weighted by atomic mass is 9.80. The van der Waals surface area contributed by atoms with Crippen molar-refractivity contribution in [1.82, 2.24) is 0 Å². The summed E-state index contributed by atoms with van der Waals surface area (Å²) >= 11 is 0. The molecule has 0 aliphatic rings. The number of aromatic carboxylic acids is 2. The third-order valence-electron chi connectivity index (χ3n) is 5.85. The van der Waals surface area contributed by atoms with E-state index in [1.54, 1.807) is 24.3 Å². The molecule has 3 rings (SSSR count). The zero-order valence-electron chi connectivity index (χ0n) is 20.2. The molecule has 3 aromatic rings. The smallest absolute Gasteiger partial charge is 0.336 e. The van der Waals surface area contributed by atoms with Crippen molar-refractivity contribution in [3.8, 4) is 33.8 Å². The molecule has 6 nitrogen and oxygen atoms in total. The molecule has 0 radical (unpaired) electrons. The highest BCUT2D eigenvalue weighted by Gasteiger charge is 2.27. The van der Waals surface area contributed by atoms with Crippen molar-refractivity contribution >= 4 is 11.9 Å². The van der Waals surface area contributed by atoms with E-state index < -0.39 is 22.8 Å². The van der Waals surface area contributed by atoms with Crippen molar-refractivity contribution in [3.05, 3.63) is 70.8 Å².